The number of hydrogen-bond donors (Lipinski definition) is 1. The minimum Gasteiger partial charge on any atom is -0.311 e. The summed E-state index contributed by atoms with van der Waals surface area (Å²) in [5.74, 6) is -0.206. The molecule has 3 rings (SSSR count). The second-order valence-corrected chi connectivity index (χ2v) is 7.13. The Balaban J connectivity index is 1.56. The Morgan fingerprint density at radius 1 is 1.24 bits per heavy atom. The van der Waals surface area contributed by atoms with Crippen LogP contribution in [0.5, 0.6) is 0 Å². The summed E-state index contributed by atoms with van der Waals surface area (Å²) in [6, 6.07) is 6.53. The van der Waals surface area contributed by atoms with Gasteiger partial charge in [0, 0.05) is 24.0 Å². The maximum absolute atomic E-state index is 12.9. The van der Waals surface area contributed by atoms with Gasteiger partial charge in [-0.2, -0.15) is 0 Å². The van der Waals surface area contributed by atoms with Gasteiger partial charge in [0.2, 0.25) is 0 Å². The summed E-state index contributed by atoms with van der Waals surface area (Å²) in [7, 11) is 0. The number of benzene rings is 1. The lowest BCUT2D eigenvalue weighted by molar-refractivity contribution is 0.314. The molecule has 1 aromatic heterocycles. The van der Waals surface area contributed by atoms with Crippen LogP contribution in [-0.2, 0) is 6.54 Å². The van der Waals surface area contributed by atoms with Crippen molar-refractivity contribution in [2.45, 2.75) is 39.2 Å². The SMILES string of the molecule is CC1(CNCc2csc(-c3ccc(F)cc3)n2)CCCC1. The van der Waals surface area contributed by atoms with Gasteiger partial charge in [0.15, 0.2) is 0 Å². The molecule has 1 heterocycles. The van der Waals surface area contributed by atoms with E-state index >= 15 is 0 Å². The molecule has 0 atom stereocenters. The van der Waals surface area contributed by atoms with Gasteiger partial charge in [0.1, 0.15) is 10.8 Å². The number of thiazole rings is 1. The molecular weight excluding hydrogens is 283 g/mol. The monoisotopic (exact) mass is 304 g/mol. The summed E-state index contributed by atoms with van der Waals surface area (Å²) in [5, 5.41) is 6.59. The highest BCUT2D eigenvalue weighted by Crippen LogP contribution is 2.36. The predicted octanol–water partition coefficient (Wildman–Crippen LogP) is 4.62. The lowest BCUT2D eigenvalue weighted by Crippen LogP contribution is -2.29. The molecule has 112 valence electrons. The highest BCUT2D eigenvalue weighted by Gasteiger charge is 2.27. The number of aromatic nitrogens is 1. The Kier molecular flexibility index (Phi) is 4.36. The summed E-state index contributed by atoms with van der Waals surface area (Å²) in [4.78, 5) is 4.63. The summed E-state index contributed by atoms with van der Waals surface area (Å²) in [6.45, 7) is 4.25. The van der Waals surface area contributed by atoms with E-state index in [4.69, 9.17) is 0 Å². The van der Waals surface area contributed by atoms with E-state index in [-0.39, 0.29) is 5.82 Å². The van der Waals surface area contributed by atoms with Crippen molar-refractivity contribution in [3.05, 3.63) is 41.2 Å². The number of hydrogen-bond acceptors (Lipinski definition) is 3. The summed E-state index contributed by atoms with van der Waals surface area (Å²) in [5.41, 5.74) is 2.52. The van der Waals surface area contributed by atoms with Crippen LogP contribution in [0.1, 0.15) is 38.3 Å². The van der Waals surface area contributed by atoms with E-state index in [1.807, 2.05) is 0 Å². The summed E-state index contributed by atoms with van der Waals surface area (Å²) >= 11 is 1.62. The first-order chi connectivity index (χ1) is 10.1. The molecule has 0 unspecified atom stereocenters. The van der Waals surface area contributed by atoms with Crippen LogP contribution in [0.2, 0.25) is 0 Å². The van der Waals surface area contributed by atoms with Crippen molar-refractivity contribution in [2.24, 2.45) is 5.41 Å². The largest absolute Gasteiger partial charge is 0.311 e. The minimum absolute atomic E-state index is 0.206. The molecular formula is C17H21FN2S. The third-order valence-electron chi connectivity index (χ3n) is 4.31. The molecule has 0 saturated heterocycles. The third kappa shape index (κ3) is 3.69. The molecule has 2 nitrogen and oxygen atoms in total. The van der Waals surface area contributed by atoms with Crippen LogP contribution in [0.15, 0.2) is 29.6 Å². The maximum Gasteiger partial charge on any atom is 0.123 e. The zero-order chi connectivity index (χ0) is 14.7. The van der Waals surface area contributed by atoms with Crippen LogP contribution in [0, 0.1) is 11.2 Å². The van der Waals surface area contributed by atoms with E-state index < -0.39 is 0 Å². The van der Waals surface area contributed by atoms with E-state index in [1.165, 1.54) is 37.8 Å². The number of nitrogens with zero attached hydrogens (tertiary/aromatic N) is 1. The standard InChI is InChI=1S/C17H21FN2S/c1-17(8-2-3-9-17)12-19-10-15-11-21-16(20-15)13-4-6-14(18)7-5-13/h4-7,11,19H,2-3,8-10,12H2,1H3. The van der Waals surface area contributed by atoms with Crippen LogP contribution < -0.4 is 5.32 Å². The molecule has 1 aliphatic rings. The Morgan fingerprint density at radius 3 is 2.67 bits per heavy atom. The smallest absolute Gasteiger partial charge is 0.123 e. The first-order valence-corrected chi connectivity index (χ1v) is 8.44. The van der Waals surface area contributed by atoms with E-state index in [1.54, 1.807) is 23.5 Å². The molecule has 1 N–H and O–H groups in total. The second-order valence-electron chi connectivity index (χ2n) is 6.27. The van der Waals surface area contributed by atoms with Crippen LogP contribution in [0.3, 0.4) is 0 Å². The van der Waals surface area contributed by atoms with Gasteiger partial charge in [-0.3, -0.25) is 0 Å². The molecule has 4 heteroatoms. The van der Waals surface area contributed by atoms with Crippen molar-refractivity contribution >= 4 is 11.3 Å². The van der Waals surface area contributed by atoms with Crippen LogP contribution in [0.4, 0.5) is 4.39 Å². The zero-order valence-corrected chi connectivity index (χ0v) is 13.2. The fourth-order valence-corrected chi connectivity index (χ4v) is 3.84. The fraction of sp³-hybridized carbons (Fsp3) is 0.471. The molecule has 0 spiro atoms. The van der Waals surface area contributed by atoms with Crippen molar-refractivity contribution in [1.29, 1.82) is 0 Å². The van der Waals surface area contributed by atoms with Crippen LogP contribution in [0.25, 0.3) is 10.6 Å². The van der Waals surface area contributed by atoms with Crippen molar-refractivity contribution in [2.75, 3.05) is 6.54 Å². The lowest BCUT2D eigenvalue weighted by Gasteiger charge is -2.23. The average molecular weight is 304 g/mol. The molecule has 1 aliphatic carbocycles. The van der Waals surface area contributed by atoms with E-state index in [0.29, 0.717) is 5.41 Å². The quantitative estimate of drug-likeness (QED) is 0.872. The molecule has 0 aliphatic heterocycles. The van der Waals surface area contributed by atoms with Crippen molar-refractivity contribution in [3.63, 3.8) is 0 Å². The second kappa shape index (κ2) is 6.24. The summed E-state index contributed by atoms with van der Waals surface area (Å²) in [6.07, 6.45) is 5.39. The molecule has 2 aromatic rings. The van der Waals surface area contributed by atoms with E-state index in [2.05, 4.69) is 22.6 Å². The van der Waals surface area contributed by atoms with Gasteiger partial charge in [-0.15, -0.1) is 11.3 Å². The molecule has 0 amide bonds. The number of nitrogens with one attached hydrogen (secondary N) is 1. The molecule has 1 aromatic carbocycles. The fourth-order valence-electron chi connectivity index (χ4n) is 3.01. The third-order valence-corrected chi connectivity index (χ3v) is 5.25. The van der Waals surface area contributed by atoms with E-state index in [0.717, 1.165) is 29.4 Å². The molecule has 21 heavy (non-hydrogen) atoms. The topological polar surface area (TPSA) is 24.9 Å². The Labute approximate surface area is 129 Å². The molecule has 1 fully saturated rings. The van der Waals surface area contributed by atoms with Gasteiger partial charge >= 0.3 is 0 Å². The van der Waals surface area contributed by atoms with Gasteiger partial charge in [-0.1, -0.05) is 19.8 Å². The minimum atomic E-state index is -0.206. The summed E-state index contributed by atoms with van der Waals surface area (Å²) < 4.78 is 12.9. The highest BCUT2D eigenvalue weighted by molar-refractivity contribution is 7.13. The number of halogens is 1. The normalized spacial score (nSPS) is 17.2. The number of rotatable bonds is 5. The Morgan fingerprint density at radius 2 is 1.95 bits per heavy atom. The van der Waals surface area contributed by atoms with Gasteiger partial charge in [-0.25, -0.2) is 9.37 Å². The van der Waals surface area contributed by atoms with Crippen molar-refractivity contribution in [3.8, 4) is 10.6 Å². The molecule has 0 bridgehead atoms. The van der Waals surface area contributed by atoms with Gasteiger partial charge in [-0.05, 0) is 42.5 Å². The first kappa shape index (κ1) is 14.7. The average Bonchev–Trinajstić information content (AvgIpc) is 3.10. The van der Waals surface area contributed by atoms with Crippen LogP contribution in [-0.4, -0.2) is 11.5 Å². The maximum atomic E-state index is 12.9. The van der Waals surface area contributed by atoms with Crippen LogP contribution >= 0.6 is 11.3 Å². The van der Waals surface area contributed by atoms with Gasteiger partial charge < -0.3 is 5.32 Å². The zero-order valence-electron chi connectivity index (χ0n) is 12.4. The molecule has 0 radical (unpaired) electrons. The highest BCUT2D eigenvalue weighted by atomic mass is 32.1. The Bertz CT molecular complexity index is 585. The van der Waals surface area contributed by atoms with Gasteiger partial charge in [0.25, 0.3) is 0 Å². The van der Waals surface area contributed by atoms with Crippen molar-refractivity contribution in [1.82, 2.24) is 10.3 Å². The van der Waals surface area contributed by atoms with E-state index in [9.17, 15) is 4.39 Å². The molecule has 1 saturated carbocycles. The predicted molar refractivity (Wildman–Crippen MR) is 85.8 cm³/mol. The first-order valence-electron chi connectivity index (χ1n) is 7.56. The Hall–Kier alpha value is -1.26. The van der Waals surface area contributed by atoms with Crippen molar-refractivity contribution < 1.29 is 4.39 Å². The lowest BCUT2D eigenvalue weighted by atomic mass is 9.89. The van der Waals surface area contributed by atoms with Gasteiger partial charge in [0.05, 0.1) is 5.69 Å².